The molecule has 1 aromatic rings. The predicted octanol–water partition coefficient (Wildman–Crippen LogP) is 3.15. The van der Waals surface area contributed by atoms with Crippen LogP contribution in [-0.4, -0.2) is 22.6 Å². The summed E-state index contributed by atoms with van der Waals surface area (Å²) in [6.07, 6.45) is 3.80. The molecule has 4 nitrogen and oxygen atoms in total. The van der Waals surface area contributed by atoms with Crippen molar-refractivity contribution in [2.24, 2.45) is 11.7 Å². The van der Waals surface area contributed by atoms with Gasteiger partial charge < -0.3 is 15.6 Å². The Morgan fingerprint density at radius 1 is 1.55 bits per heavy atom. The van der Waals surface area contributed by atoms with Crippen LogP contribution >= 0.6 is 15.9 Å². The summed E-state index contributed by atoms with van der Waals surface area (Å²) in [4.78, 5) is 12.5. The SMILES string of the molecule is CCCn1cc(Br)cc1C(=O)NC(C)(CN)CC(C)C. The van der Waals surface area contributed by atoms with Crippen molar-refractivity contribution < 1.29 is 4.79 Å². The molecule has 114 valence electrons. The molecule has 0 saturated heterocycles. The molecule has 0 aliphatic carbocycles. The van der Waals surface area contributed by atoms with E-state index >= 15 is 0 Å². The van der Waals surface area contributed by atoms with Crippen LogP contribution < -0.4 is 11.1 Å². The average Bonchev–Trinajstić information content (AvgIpc) is 2.70. The quantitative estimate of drug-likeness (QED) is 0.798. The van der Waals surface area contributed by atoms with Gasteiger partial charge >= 0.3 is 0 Å². The smallest absolute Gasteiger partial charge is 0.268 e. The molecule has 0 saturated carbocycles. The molecule has 5 heteroatoms. The van der Waals surface area contributed by atoms with Crippen LogP contribution in [0.3, 0.4) is 0 Å². The van der Waals surface area contributed by atoms with E-state index in [0.717, 1.165) is 23.9 Å². The van der Waals surface area contributed by atoms with Crippen molar-refractivity contribution in [2.75, 3.05) is 6.54 Å². The van der Waals surface area contributed by atoms with Gasteiger partial charge in [-0.25, -0.2) is 0 Å². The van der Waals surface area contributed by atoms with Gasteiger partial charge in [-0.15, -0.1) is 0 Å². The number of rotatable bonds is 7. The Balaban J connectivity index is 2.89. The van der Waals surface area contributed by atoms with Crippen molar-refractivity contribution in [3.8, 4) is 0 Å². The Morgan fingerprint density at radius 3 is 2.70 bits per heavy atom. The van der Waals surface area contributed by atoms with Crippen LogP contribution in [0.5, 0.6) is 0 Å². The summed E-state index contributed by atoms with van der Waals surface area (Å²) in [5.74, 6) is 0.427. The maximum atomic E-state index is 12.5. The van der Waals surface area contributed by atoms with Gasteiger partial charge in [-0.2, -0.15) is 0 Å². The average molecular weight is 344 g/mol. The fraction of sp³-hybridized carbons (Fsp3) is 0.667. The van der Waals surface area contributed by atoms with Crippen LogP contribution in [0.1, 0.15) is 51.0 Å². The lowest BCUT2D eigenvalue weighted by molar-refractivity contribution is 0.0888. The molecule has 0 radical (unpaired) electrons. The van der Waals surface area contributed by atoms with E-state index in [-0.39, 0.29) is 11.4 Å². The summed E-state index contributed by atoms with van der Waals surface area (Å²) < 4.78 is 2.90. The Morgan fingerprint density at radius 2 is 2.20 bits per heavy atom. The van der Waals surface area contributed by atoms with E-state index in [1.54, 1.807) is 0 Å². The minimum Gasteiger partial charge on any atom is -0.344 e. The number of aromatic nitrogens is 1. The van der Waals surface area contributed by atoms with Crippen molar-refractivity contribution in [3.63, 3.8) is 0 Å². The van der Waals surface area contributed by atoms with Crippen LogP contribution in [0.4, 0.5) is 0 Å². The molecule has 0 fully saturated rings. The number of carbonyl (C=O) groups excluding carboxylic acids is 1. The minimum absolute atomic E-state index is 0.0576. The lowest BCUT2D eigenvalue weighted by Crippen LogP contribution is -2.52. The highest BCUT2D eigenvalue weighted by Gasteiger charge is 2.27. The molecule has 3 N–H and O–H groups in total. The third kappa shape index (κ3) is 4.63. The van der Waals surface area contributed by atoms with Crippen molar-refractivity contribution >= 4 is 21.8 Å². The highest BCUT2D eigenvalue weighted by molar-refractivity contribution is 9.10. The first kappa shape index (κ1) is 17.2. The van der Waals surface area contributed by atoms with Crippen molar-refractivity contribution in [1.82, 2.24) is 9.88 Å². The van der Waals surface area contributed by atoms with Crippen LogP contribution in [0, 0.1) is 5.92 Å². The summed E-state index contributed by atoms with van der Waals surface area (Å²) in [5, 5.41) is 3.10. The maximum absolute atomic E-state index is 12.5. The third-order valence-electron chi connectivity index (χ3n) is 3.28. The van der Waals surface area contributed by atoms with E-state index in [1.165, 1.54) is 0 Å². The van der Waals surface area contributed by atoms with Gasteiger partial charge in [0.1, 0.15) is 5.69 Å². The molecule has 1 unspecified atom stereocenters. The first-order valence-corrected chi connectivity index (χ1v) is 7.99. The number of amides is 1. The second-order valence-corrected chi connectivity index (χ2v) is 6.97. The summed E-state index contributed by atoms with van der Waals surface area (Å²) in [6.45, 7) is 9.64. The van der Waals surface area contributed by atoms with Gasteiger partial charge in [0, 0.05) is 23.8 Å². The summed E-state index contributed by atoms with van der Waals surface area (Å²) >= 11 is 3.43. The summed E-state index contributed by atoms with van der Waals surface area (Å²) in [6, 6.07) is 1.86. The van der Waals surface area contributed by atoms with E-state index in [4.69, 9.17) is 5.73 Å². The Bertz CT molecular complexity index is 456. The van der Waals surface area contributed by atoms with E-state index in [1.807, 2.05) is 23.8 Å². The molecule has 0 aliphatic heterocycles. The van der Waals surface area contributed by atoms with Gasteiger partial charge in [0.15, 0.2) is 0 Å². The first-order valence-electron chi connectivity index (χ1n) is 7.19. The van der Waals surface area contributed by atoms with Crippen molar-refractivity contribution in [3.05, 3.63) is 22.4 Å². The number of carbonyl (C=O) groups is 1. The molecule has 1 atom stereocenters. The second-order valence-electron chi connectivity index (χ2n) is 6.05. The Hall–Kier alpha value is -0.810. The second kappa shape index (κ2) is 7.27. The molecule has 0 spiro atoms. The molecule has 1 amide bonds. The lowest BCUT2D eigenvalue weighted by Gasteiger charge is -2.31. The van der Waals surface area contributed by atoms with Crippen molar-refractivity contribution in [1.29, 1.82) is 0 Å². The molecule has 1 rings (SSSR count). The molecule has 0 aromatic carbocycles. The molecular weight excluding hydrogens is 318 g/mol. The normalized spacial score (nSPS) is 14.3. The highest BCUT2D eigenvalue weighted by atomic mass is 79.9. The van der Waals surface area contributed by atoms with Gasteiger partial charge in [0.2, 0.25) is 0 Å². The molecule has 0 bridgehead atoms. The maximum Gasteiger partial charge on any atom is 0.268 e. The monoisotopic (exact) mass is 343 g/mol. The van der Waals surface area contributed by atoms with Crippen LogP contribution in [0.25, 0.3) is 0 Å². The van der Waals surface area contributed by atoms with E-state index < -0.39 is 0 Å². The third-order valence-corrected chi connectivity index (χ3v) is 3.72. The van der Waals surface area contributed by atoms with E-state index in [2.05, 4.69) is 42.0 Å². The fourth-order valence-corrected chi connectivity index (χ4v) is 2.98. The standard InChI is InChI=1S/C15H26BrN3O/c1-5-6-19-9-12(16)7-13(19)14(20)18-15(4,10-17)8-11(2)3/h7,9,11H,5-6,8,10,17H2,1-4H3,(H,18,20). The topological polar surface area (TPSA) is 60.0 Å². The fourth-order valence-electron chi connectivity index (χ4n) is 2.52. The zero-order valence-electron chi connectivity index (χ0n) is 12.9. The van der Waals surface area contributed by atoms with E-state index in [0.29, 0.717) is 18.2 Å². The van der Waals surface area contributed by atoms with Crippen LogP contribution in [0.2, 0.25) is 0 Å². The molecule has 0 aliphatic rings. The Labute approximate surface area is 130 Å². The number of hydrogen-bond donors (Lipinski definition) is 2. The molecular formula is C15H26BrN3O. The highest BCUT2D eigenvalue weighted by Crippen LogP contribution is 2.19. The van der Waals surface area contributed by atoms with E-state index in [9.17, 15) is 4.79 Å². The summed E-state index contributed by atoms with van der Waals surface area (Å²) in [7, 11) is 0. The lowest BCUT2D eigenvalue weighted by atomic mass is 9.90. The number of hydrogen-bond acceptors (Lipinski definition) is 2. The van der Waals surface area contributed by atoms with Crippen molar-refractivity contribution in [2.45, 2.75) is 52.6 Å². The van der Waals surface area contributed by atoms with Crippen LogP contribution in [-0.2, 0) is 6.54 Å². The van der Waals surface area contributed by atoms with Gasteiger partial charge in [-0.1, -0.05) is 20.8 Å². The van der Waals surface area contributed by atoms with Gasteiger partial charge in [0.05, 0.1) is 5.54 Å². The summed E-state index contributed by atoms with van der Waals surface area (Å²) in [5.41, 5.74) is 6.17. The molecule has 1 aromatic heterocycles. The van der Waals surface area contributed by atoms with Gasteiger partial charge in [0.25, 0.3) is 5.91 Å². The van der Waals surface area contributed by atoms with Gasteiger partial charge in [-0.3, -0.25) is 4.79 Å². The number of halogens is 1. The van der Waals surface area contributed by atoms with Crippen LogP contribution in [0.15, 0.2) is 16.7 Å². The largest absolute Gasteiger partial charge is 0.344 e. The molecule has 1 heterocycles. The number of aryl methyl sites for hydroxylation is 1. The minimum atomic E-state index is -0.362. The first-order chi connectivity index (χ1) is 9.31. The van der Waals surface area contributed by atoms with Gasteiger partial charge in [-0.05, 0) is 47.7 Å². The predicted molar refractivity (Wildman–Crippen MR) is 86.8 cm³/mol. The number of nitrogens with one attached hydrogen (secondary N) is 1. The molecule has 20 heavy (non-hydrogen) atoms. The zero-order valence-corrected chi connectivity index (χ0v) is 14.5. The zero-order chi connectivity index (χ0) is 15.3. The number of nitrogens with zero attached hydrogens (tertiary/aromatic N) is 1. The Kier molecular flexibility index (Phi) is 6.27. The number of nitrogens with two attached hydrogens (primary N) is 1.